The largest absolute Gasteiger partial charge is 0.343 e. The Kier molecular flexibility index (Phi) is 13.0. The van der Waals surface area contributed by atoms with Gasteiger partial charge in [-0.15, -0.1) is 0 Å². The monoisotopic (exact) mass is 870 g/mol. The molecule has 2 amide bonds. The minimum Gasteiger partial charge on any atom is -0.343 e. The zero-order chi connectivity index (χ0) is 43.2. The van der Waals surface area contributed by atoms with Crippen LogP contribution < -0.4 is 21.8 Å². The van der Waals surface area contributed by atoms with Gasteiger partial charge in [0.15, 0.2) is 10.8 Å². The molecule has 0 aliphatic rings. The van der Waals surface area contributed by atoms with Gasteiger partial charge in [-0.2, -0.15) is 0 Å². The van der Waals surface area contributed by atoms with E-state index >= 15 is 0 Å². The summed E-state index contributed by atoms with van der Waals surface area (Å²) in [6.45, 7) is 5.54. The SMILES string of the molecule is CCc1nccnc1C(=O)N[C@@H](C)c1cc2cccc(Cl)c2c(=O)n1-c1ccccc1.C[C@H](NC(=O)c1nccnc1Cl)c1cc2cccc(Cl)c2c(=O)n1-c1ccccc1. The van der Waals surface area contributed by atoms with Crippen LogP contribution in [0, 0.1) is 0 Å². The molecule has 0 saturated carbocycles. The molecule has 0 spiro atoms. The Labute approximate surface area is 364 Å². The van der Waals surface area contributed by atoms with E-state index in [2.05, 4.69) is 30.6 Å². The second-order valence-corrected chi connectivity index (χ2v) is 15.0. The predicted molar refractivity (Wildman–Crippen MR) is 239 cm³/mol. The first kappa shape index (κ1) is 42.4. The number of halogens is 3. The molecule has 4 aromatic heterocycles. The topological polar surface area (TPSA) is 154 Å². The van der Waals surface area contributed by atoms with Crippen LogP contribution in [0.3, 0.4) is 0 Å². The Morgan fingerprint density at radius 1 is 0.574 bits per heavy atom. The fraction of sp³-hybridized carbons (Fsp3) is 0.130. The lowest BCUT2D eigenvalue weighted by Gasteiger charge is -2.21. The highest BCUT2D eigenvalue weighted by molar-refractivity contribution is 6.36. The average molecular weight is 872 g/mol. The first-order valence-corrected chi connectivity index (χ1v) is 20.3. The number of amides is 2. The average Bonchev–Trinajstić information content (AvgIpc) is 3.27. The number of aryl methyl sites for hydroxylation is 1. The van der Waals surface area contributed by atoms with Gasteiger partial charge in [0, 0.05) is 47.6 Å². The van der Waals surface area contributed by atoms with Crippen molar-refractivity contribution in [3.63, 3.8) is 0 Å². The number of para-hydroxylation sites is 2. The number of hydrogen-bond donors (Lipinski definition) is 2. The van der Waals surface area contributed by atoms with Gasteiger partial charge in [-0.3, -0.25) is 33.3 Å². The van der Waals surface area contributed by atoms with Crippen LogP contribution in [0.4, 0.5) is 0 Å². The van der Waals surface area contributed by atoms with Crippen molar-refractivity contribution in [1.29, 1.82) is 0 Å². The van der Waals surface area contributed by atoms with Gasteiger partial charge in [0.05, 0.1) is 38.6 Å². The van der Waals surface area contributed by atoms with Gasteiger partial charge < -0.3 is 10.6 Å². The number of nitrogens with zero attached hydrogens (tertiary/aromatic N) is 6. The van der Waals surface area contributed by atoms with E-state index in [1.165, 1.54) is 18.6 Å². The standard InChI is InChI=1S/C24H21ClN4O2.C22H16Cl2N4O2/c1-3-19-22(27-13-12-26-19)23(30)28-15(2)20-14-16-8-7-11-18(25)21(16)24(31)29(20)17-9-5-4-6-10-17;1-13(27-21(29)19-20(24)26-11-10-25-19)17-12-14-6-5-9-16(23)18(14)22(30)28(17)15-7-3-2-4-8-15/h4-15H,3H2,1-2H3,(H,28,30);2-13H,1H3,(H,27,29)/t15-;13-/m00/s1. The second kappa shape index (κ2) is 18.7. The first-order chi connectivity index (χ1) is 29.5. The highest BCUT2D eigenvalue weighted by Gasteiger charge is 2.23. The molecule has 0 aliphatic heterocycles. The van der Waals surface area contributed by atoms with E-state index in [-0.39, 0.29) is 33.6 Å². The molecule has 0 radical (unpaired) electrons. The van der Waals surface area contributed by atoms with Gasteiger partial charge in [-0.25, -0.2) is 15.0 Å². The summed E-state index contributed by atoms with van der Waals surface area (Å²) in [5.74, 6) is -0.824. The highest BCUT2D eigenvalue weighted by atomic mass is 35.5. The van der Waals surface area contributed by atoms with Crippen molar-refractivity contribution in [1.82, 2.24) is 39.7 Å². The zero-order valence-corrected chi connectivity index (χ0v) is 35.3. The molecular formula is C46H37Cl3N8O4. The Morgan fingerprint density at radius 2 is 1.00 bits per heavy atom. The summed E-state index contributed by atoms with van der Waals surface area (Å²) in [5, 5.41) is 8.86. The van der Waals surface area contributed by atoms with Gasteiger partial charge in [0.25, 0.3) is 22.9 Å². The van der Waals surface area contributed by atoms with Crippen molar-refractivity contribution in [2.45, 2.75) is 39.3 Å². The third-order valence-corrected chi connectivity index (χ3v) is 10.8. The number of carbonyl (C=O) groups is 2. The predicted octanol–water partition coefficient (Wildman–Crippen LogP) is 9.07. The van der Waals surface area contributed by atoms with Crippen molar-refractivity contribution < 1.29 is 9.59 Å². The van der Waals surface area contributed by atoms with Crippen LogP contribution in [-0.4, -0.2) is 40.9 Å². The summed E-state index contributed by atoms with van der Waals surface area (Å²) >= 11 is 18.7. The lowest BCUT2D eigenvalue weighted by molar-refractivity contribution is 0.0924. The number of carbonyl (C=O) groups excluding carboxylic acids is 2. The lowest BCUT2D eigenvalue weighted by Crippen LogP contribution is -2.33. The van der Waals surface area contributed by atoms with E-state index in [4.69, 9.17) is 34.8 Å². The molecule has 2 atom stereocenters. The summed E-state index contributed by atoms with van der Waals surface area (Å²) in [4.78, 5) is 68.8. The maximum atomic E-state index is 13.5. The number of nitrogens with one attached hydrogen (secondary N) is 2. The maximum Gasteiger partial charge on any atom is 0.273 e. The second-order valence-electron chi connectivity index (χ2n) is 13.8. The maximum absolute atomic E-state index is 13.5. The molecule has 12 nitrogen and oxygen atoms in total. The van der Waals surface area contributed by atoms with Gasteiger partial charge in [0.2, 0.25) is 0 Å². The summed E-state index contributed by atoms with van der Waals surface area (Å²) in [6.07, 6.45) is 6.45. The van der Waals surface area contributed by atoms with Crippen LogP contribution in [-0.2, 0) is 6.42 Å². The normalized spacial score (nSPS) is 12.0. The van der Waals surface area contributed by atoms with E-state index in [9.17, 15) is 19.2 Å². The Morgan fingerprint density at radius 3 is 1.46 bits per heavy atom. The molecule has 0 bridgehead atoms. The molecule has 2 N–H and O–H groups in total. The van der Waals surface area contributed by atoms with Gasteiger partial charge in [-0.1, -0.05) is 102 Å². The number of benzene rings is 4. The minimum atomic E-state index is -0.535. The van der Waals surface area contributed by atoms with E-state index in [0.29, 0.717) is 61.1 Å². The molecule has 4 heterocycles. The minimum absolute atomic E-state index is 0.00735. The van der Waals surface area contributed by atoms with E-state index in [1.807, 2.05) is 98.8 Å². The van der Waals surface area contributed by atoms with Gasteiger partial charge in [-0.05, 0) is 79.6 Å². The molecule has 0 fully saturated rings. The summed E-state index contributed by atoms with van der Waals surface area (Å²) < 4.78 is 3.15. The van der Waals surface area contributed by atoms with Crippen molar-refractivity contribution >= 4 is 68.2 Å². The number of fused-ring (bicyclic) bond motifs is 2. The third-order valence-electron chi connectivity index (χ3n) is 9.85. The number of rotatable bonds is 9. The van der Waals surface area contributed by atoms with Crippen molar-refractivity contribution in [2.24, 2.45) is 0 Å². The molecule has 0 saturated heterocycles. The molecular weight excluding hydrogens is 835 g/mol. The molecule has 8 aromatic rings. The van der Waals surface area contributed by atoms with Crippen LogP contribution in [0.2, 0.25) is 15.2 Å². The molecule has 61 heavy (non-hydrogen) atoms. The molecule has 15 heteroatoms. The molecule has 0 unspecified atom stereocenters. The van der Waals surface area contributed by atoms with Crippen LogP contribution in [0.5, 0.6) is 0 Å². The molecule has 8 rings (SSSR count). The first-order valence-electron chi connectivity index (χ1n) is 19.2. The molecule has 0 aliphatic carbocycles. The highest BCUT2D eigenvalue weighted by Crippen LogP contribution is 2.27. The van der Waals surface area contributed by atoms with Crippen molar-refractivity contribution in [2.75, 3.05) is 0 Å². The fourth-order valence-electron chi connectivity index (χ4n) is 6.97. The smallest absolute Gasteiger partial charge is 0.273 e. The van der Waals surface area contributed by atoms with Gasteiger partial charge >= 0.3 is 0 Å². The summed E-state index contributed by atoms with van der Waals surface area (Å²) in [7, 11) is 0. The van der Waals surface area contributed by atoms with E-state index < -0.39 is 18.0 Å². The Bertz CT molecular complexity index is 3040. The summed E-state index contributed by atoms with van der Waals surface area (Å²) in [5.41, 5.74) is 3.01. The van der Waals surface area contributed by atoms with Crippen LogP contribution in [0.15, 0.2) is 144 Å². The molecule has 306 valence electrons. The summed E-state index contributed by atoms with van der Waals surface area (Å²) in [6, 6.07) is 31.8. The Balaban J connectivity index is 0.000000184. The number of pyridine rings is 2. The van der Waals surface area contributed by atoms with Crippen LogP contribution in [0.25, 0.3) is 32.9 Å². The Hall–Kier alpha value is -6.73. The molecule has 4 aromatic carbocycles. The quantitative estimate of drug-likeness (QED) is 0.146. The van der Waals surface area contributed by atoms with E-state index in [1.54, 1.807) is 46.5 Å². The number of aromatic nitrogens is 6. The van der Waals surface area contributed by atoms with Gasteiger partial charge in [0.1, 0.15) is 5.69 Å². The number of hydrogen-bond acceptors (Lipinski definition) is 8. The third kappa shape index (κ3) is 8.92. The zero-order valence-electron chi connectivity index (χ0n) is 33.0. The van der Waals surface area contributed by atoms with Crippen LogP contribution in [0.1, 0.15) is 70.9 Å². The van der Waals surface area contributed by atoms with Crippen molar-refractivity contribution in [3.8, 4) is 11.4 Å². The van der Waals surface area contributed by atoms with Crippen molar-refractivity contribution in [3.05, 3.63) is 198 Å². The van der Waals surface area contributed by atoms with Crippen LogP contribution >= 0.6 is 34.8 Å². The lowest BCUT2D eigenvalue weighted by atomic mass is 10.1. The fourth-order valence-corrected chi connectivity index (χ4v) is 7.69. The van der Waals surface area contributed by atoms with E-state index in [0.717, 1.165) is 5.39 Å².